The van der Waals surface area contributed by atoms with Crippen LogP contribution in [-0.2, 0) is 11.2 Å². The van der Waals surface area contributed by atoms with Gasteiger partial charge in [-0.2, -0.15) is 0 Å². The second-order valence-electron chi connectivity index (χ2n) is 5.38. The molecular formula is C15H19NO3. The summed E-state index contributed by atoms with van der Waals surface area (Å²) >= 11 is 0. The predicted molar refractivity (Wildman–Crippen MR) is 73.5 cm³/mol. The Morgan fingerprint density at radius 3 is 2.74 bits per heavy atom. The van der Waals surface area contributed by atoms with Gasteiger partial charge in [-0.1, -0.05) is 13.8 Å². The zero-order valence-corrected chi connectivity index (χ0v) is 11.3. The molecule has 0 aromatic heterocycles. The molecule has 0 saturated heterocycles. The maximum atomic E-state index is 12.0. The number of anilines is 1. The van der Waals surface area contributed by atoms with Crippen molar-refractivity contribution in [1.29, 1.82) is 0 Å². The van der Waals surface area contributed by atoms with Crippen molar-refractivity contribution in [3.8, 4) is 0 Å². The monoisotopic (exact) mass is 261 g/mol. The highest BCUT2D eigenvalue weighted by molar-refractivity contribution is 5.97. The number of amides is 1. The predicted octanol–water partition coefficient (Wildman–Crippen LogP) is 2.71. The standard InChI is InChI=1S/C15H19NO3/c1-10(2)7-8-16-13-5-3-12(15(18)19)9-11(13)4-6-14(16)17/h3,5,9-10H,4,6-8H2,1-2H3,(H,18,19). The molecule has 1 aromatic carbocycles. The number of carboxylic acids is 1. The number of carboxylic acid groups (broad SMARTS) is 1. The Hall–Kier alpha value is -1.84. The van der Waals surface area contributed by atoms with Crippen molar-refractivity contribution in [2.45, 2.75) is 33.1 Å². The lowest BCUT2D eigenvalue weighted by molar-refractivity contribution is -0.118. The average molecular weight is 261 g/mol. The number of aromatic carboxylic acids is 1. The first-order chi connectivity index (χ1) is 8.99. The van der Waals surface area contributed by atoms with Crippen molar-refractivity contribution in [2.24, 2.45) is 5.92 Å². The Kier molecular flexibility index (Phi) is 3.88. The molecule has 0 radical (unpaired) electrons. The van der Waals surface area contributed by atoms with E-state index in [4.69, 9.17) is 5.11 Å². The molecule has 0 saturated carbocycles. The molecule has 2 rings (SSSR count). The van der Waals surface area contributed by atoms with Gasteiger partial charge in [0.25, 0.3) is 0 Å². The normalized spacial score (nSPS) is 14.7. The molecule has 1 amide bonds. The summed E-state index contributed by atoms with van der Waals surface area (Å²) in [4.78, 5) is 24.8. The van der Waals surface area contributed by atoms with Crippen molar-refractivity contribution in [2.75, 3.05) is 11.4 Å². The highest BCUT2D eigenvalue weighted by Crippen LogP contribution is 2.29. The number of nitrogens with zero attached hydrogens (tertiary/aromatic N) is 1. The summed E-state index contributed by atoms with van der Waals surface area (Å²) in [7, 11) is 0. The molecule has 19 heavy (non-hydrogen) atoms. The van der Waals surface area contributed by atoms with Gasteiger partial charge in [-0.3, -0.25) is 4.79 Å². The third-order valence-corrected chi connectivity index (χ3v) is 3.46. The topological polar surface area (TPSA) is 57.6 Å². The number of carbonyl (C=O) groups is 2. The molecule has 1 heterocycles. The van der Waals surface area contributed by atoms with Crippen LogP contribution in [0.2, 0.25) is 0 Å². The average Bonchev–Trinajstić information content (AvgIpc) is 2.36. The molecule has 0 unspecified atom stereocenters. The Morgan fingerprint density at radius 1 is 1.37 bits per heavy atom. The fourth-order valence-corrected chi connectivity index (χ4v) is 2.33. The second kappa shape index (κ2) is 5.43. The molecule has 0 atom stereocenters. The van der Waals surface area contributed by atoms with E-state index in [-0.39, 0.29) is 11.5 Å². The van der Waals surface area contributed by atoms with Crippen LogP contribution >= 0.6 is 0 Å². The van der Waals surface area contributed by atoms with E-state index in [1.165, 1.54) is 0 Å². The molecule has 1 N–H and O–H groups in total. The van der Waals surface area contributed by atoms with Crippen molar-refractivity contribution in [3.05, 3.63) is 29.3 Å². The van der Waals surface area contributed by atoms with Crippen LogP contribution in [0.5, 0.6) is 0 Å². The minimum Gasteiger partial charge on any atom is -0.478 e. The first-order valence-electron chi connectivity index (χ1n) is 6.65. The third-order valence-electron chi connectivity index (χ3n) is 3.46. The minimum absolute atomic E-state index is 0.135. The highest BCUT2D eigenvalue weighted by Gasteiger charge is 2.24. The molecule has 1 aromatic rings. The van der Waals surface area contributed by atoms with Crippen molar-refractivity contribution < 1.29 is 14.7 Å². The Morgan fingerprint density at radius 2 is 2.11 bits per heavy atom. The SMILES string of the molecule is CC(C)CCN1C(=O)CCc2cc(C(=O)O)ccc21. The maximum absolute atomic E-state index is 12.0. The summed E-state index contributed by atoms with van der Waals surface area (Å²) in [5, 5.41) is 9.00. The maximum Gasteiger partial charge on any atom is 0.335 e. The van der Waals surface area contributed by atoms with Crippen molar-refractivity contribution in [3.63, 3.8) is 0 Å². The Balaban J connectivity index is 2.28. The summed E-state index contributed by atoms with van der Waals surface area (Å²) in [6.07, 6.45) is 2.05. The highest BCUT2D eigenvalue weighted by atomic mass is 16.4. The lowest BCUT2D eigenvalue weighted by atomic mass is 9.98. The summed E-state index contributed by atoms with van der Waals surface area (Å²) in [5.74, 6) is -0.249. The number of benzene rings is 1. The van der Waals surface area contributed by atoms with Crippen LogP contribution in [0.15, 0.2) is 18.2 Å². The first kappa shape index (κ1) is 13.6. The van der Waals surface area contributed by atoms with Crippen LogP contribution in [-0.4, -0.2) is 23.5 Å². The van der Waals surface area contributed by atoms with Gasteiger partial charge in [-0.25, -0.2) is 4.79 Å². The lowest BCUT2D eigenvalue weighted by Crippen LogP contribution is -2.36. The van der Waals surface area contributed by atoms with Crippen LogP contribution in [0, 0.1) is 5.92 Å². The van der Waals surface area contributed by atoms with E-state index in [2.05, 4.69) is 13.8 Å². The largest absolute Gasteiger partial charge is 0.478 e. The molecule has 1 aliphatic rings. The number of hydrogen-bond donors (Lipinski definition) is 1. The van der Waals surface area contributed by atoms with E-state index in [9.17, 15) is 9.59 Å². The summed E-state index contributed by atoms with van der Waals surface area (Å²) < 4.78 is 0. The number of carbonyl (C=O) groups excluding carboxylic acids is 1. The zero-order valence-electron chi connectivity index (χ0n) is 11.3. The van der Waals surface area contributed by atoms with Gasteiger partial charge in [-0.05, 0) is 42.5 Å². The van der Waals surface area contributed by atoms with Gasteiger partial charge in [0.15, 0.2) is 0 Å². The summed E-state index contributed by atoms with van der Waals surface area (Å²) in [6, 6.07) is 5.02. The Labute approximate surface area is 113 Å². The van der Waals surface area contributed by atoms with Gasteiger partial charge in [0.2, 0.25) is 5.91 Å². The number of hydrogen-bond acceptors (Lipinski definition) is 2. The molecule has 102 valence electrons. The molecule has 4 nitrogen and oxygen atoms in total. The van der Waals surface area contributed by atoms with E-state index in [0.29, 0.717) is 25.3 Å². The quantitative estimate of drug-likeness (QED) is 0.906. The number of aryl methyl sites for hydroxylation is 1. The van der Waals surface area contributed by atoms with E-state index in [1.807, 2.05) is 0 Å². The molecule has 1 aliphatic heterocycles. The summed E-state index contributed by atoms with van der Waals surface area (Å²) in [6.45, 7) is 4.96. The van der Waals surface area contributed by atoms with Gasteiger partial charge >= 0.3 is 5.97 Å². The summed E-state index contributed by atoms with van der Waals surface area (Å²) in [5.41, 5.74) is 2.13. The molecule has 0 aliphatic carbocycles. The van der Waals surface area contributed by atoms with Gasteiger partial charge in [-0.15, -0.1) is 0 Å². The van der Waals surface area contributed by atoms with Crippen LogP contribution in [0.25, 0.3) is 0 Å². The van der Waals surface area contributed by atoms with Gasteiger partial charge in [0.1, 0.15) is 0 Å². The van der Waals surface area contributed by atoms with Gasteiger partial charge in [0.05, 0.1) is 5.56 Å². The molecule has 0 spiro atoms. The first-order valence-corrected chi connectivity index (χ1v) is 6.65. The molecule has 4 heteroatoms. The smallest absolute Gasteiger partial charge is 0.335 e. The zero-order chi connectivity index (χ0) is 14.0. The second-order valence-corrected chi connectivity index (χ2v) is 5.38. The van der Waals surface area contributed by atoms with E-state index >= 15 is 0 Å². The van der Waals surface area contributed by atoms with E-state index in [0.717, 1.165) is 17.7 Å². The molecular weight excluding hydrogens is 242 g/mol. The fourth-order valence-electron chi connectivity index (χ4n) is 2.33. The van der Waals surface area contributed by atoms with Gasteiger partial charge < -0.3 is 10.0 Å². The molecule has 0 bridgehead atoms. The van der Waals surface area contributed by atoms with Crippen LogP contribution < -0.4 is 4.90 Å². The molecule has 0 fully saturated rings. The van der Waals surface area contributed by atoms with Crippen molar-refractivity contribution >= 4 is 17.6 Å². The van der Waals surface area contributed by atoms with Crippen LogP contribution in [0.4, 0.5) is 5.69 Å². The lowest BCUT2D eigenvalue weighted by Gasteiger charge is -2.30. The van der Waals surface area contributed by atoms with E-state index < -0.39 is 5.97 Å². The minimum atomic E-state index is -0.923. The van der Waals surface area contributed by atoms with Crippen LogP contribution in [0.3, 0.4) is 0 Å². The van der Waals surface area contributed by atoms with E-state index in [1.54, 1.807) is 23.1 Å². The van der Waals surface area contributed by atoms with Crippen molar-refractivity contribution in [1.82, 2.24) is 0 Å². The fraction of sp³-hybridized carbons (Fsp3) is 0.467. The van der Waals surface area contributed by atoms with Crippen LogP contribution in [0.1, 0.15) is 42.6 Å². The number of fused-ring (bicyclic) bond motifs is 1. The third kappa shape index (κ3) is 2.95. The van der Waals surface area contributed by atoms with Gasteiger partial charge in [0, 0.05) is 18.7 Å². The number of rotatable bonds is 4. The Bertz CT molecular complexity index is 508.